The lowest BCUT2D eigenvalue weighted by atomic mass is 10.0. The summed E-state index contributed by atoms with van der Waals surface area (Å²) >= 11 is 0. The number of rotatable bonds is 3. The Morgan fingerprint density at radius 2 is 1.53 bits per heavy atom. The molecule has 0 fully saturated rings. The molecule has 6 nitrogen and oxygen atoms in total. The van der Waals surface area contributed by atoms with E-state index in [4.69, 9.17) is 0 Å². The van der Waals surface area contributed by atoms with E-state index in [1.807, 2.05) is 6.92 Å². The Balaban J connectivity index is 2.54. The van der Waals surface area contributed by atoms with Crippen LogP contribution in [-0.2, 0) is 0 Å². The van der Waals surface area contributed by atoms with Gasteiger partial charge in [-0.05, 0) is 30.7 Å². The topological polar surface area (TPSA) is 86.3 Å². The molecule has 0 amide bonds. The van der Waals surface area contributed by atoms with E-state index in [1.165, 1.54) is 30.3 Å². The van der Waals surface area contributed by atoms with Crippen LogP contribution in [0.3, 0.4) is 0 Å². The van der Waals surface area contributed by atoms with E-state index in [9.17, 15) is 20.2 Å². The normalized spacial score (nSPS) is 10.2. The summed E-state index contributed by atoms with van der Waals surface area (Å²) in [4.78, 5) is 20.6. The number of nitrogens with zero attached hydrogens (tertiary/aromatic N) is 2. The van der Waals surface area contributed by atoms with Gasteiger partial charge in [-0.3, -0.25) is 20.2 Å². The molecule has 19 heavy (non-hydrogen) atoms. The molecule has 0 aliphatic carbocycles. The van der Waals surface area contributed by atoms with E-state index in [1.54, 1.807) is 12.1 Å². The molecule has 2 aromatic rings. The van der Waals surface area contributed by atoms with E-state index >= 15 is 0 Å². The van der Waals surface area contributed by atoms with Crippen LogP contribution >= 0.6 is 0 Å². The first-order valence-electron chi connectivity index (χ1n) is 5.49. The second kappa shape index (κ2) is 4.85. The molecule has 0 aliphatic rings. The van der Waals surface area contributed by atoms with Crippen LogP contribution < -0.4 is 0 Å². The van der Waals surface area contributed by atoms with Crippen LogP contribution in [0.15, 0.2) is 42.5 Å². The second-order valence-corrected chi connectivity index (χ2v) is 4.08. The van der Waals surface area contributed by atoms with Gasteiger partial charge in [-0.15, -0.1) is 0 Å². The third kappa shape index (κ3) is 2.57. The summed E-state index contributed by atoms with van der Waals surface area (Å²) in [6, 6.07) is 10.5. The van der Waals surface area contributed by atoms with Gasteiger partial charge in [0.25, 0.3) is 11.4 Å². The number of aryl methyl sites for hydroxylation is 1. The van der Waals surface area contributed by atoms with Crippen molar-refractivity contribution in [3.8, 4) is 11.1 Å². The number of benzene rings is 2. The van der Waals surface area contributed by atoms with E-state index < -0.39 is 9.85 Å². The summed E-state index contributed by atoms with van der Waals surface area (Å²) < 4.78 is 0. The predicted octanol–water partition coefficient (Wildman–Crippen LogP) is 3.48. The highest BCUT2D eigenvalue weighted by molar-refractivity contribution is 5.74. The van der Waals surface area contributed by atoms with Gasteiger partial charge in [0.2, 0.25) is 0 Å². The van der Waals surface area contributed by atoms with Crippen LogP contribution in [0.4, 0.5) is 11.4 Å². The Bertz CT molecular complexity index is 650. The van der Waals surface area contributed by atoms with Crippen molar-refractivity contribution in [3.63, 3.8) is 0 Å². The van der Waals surface area contributed by atoms with Crippen molar-refractivity contribution in [3.05, 3.63) is 68.3 Å². The Labute approximate surface area is 108 Å². The second-order valence-electron chi connectivity index (χ2n) is 4.08. The van der Waals surface area contributed by atoms with Gasteiger partial charge in [0, 0.05) is 18.2 Å². The zero-order valence-corrected chi connectivity index (χ0v) is 10.1. The molecule has 0 aliphatic heterocycles. The first kappa shape index (κ1) is 12.7. The molecule has 0 heterocycles. The maximum Gasteiger partial charge on any atom is 0.277 e. The van der Waals surface area contributed by atoms with Gasteiger partial charge in [-0.25, -0.2) is 0 Å². The van der Waals surface area contributed by atoms with Crippen molar-refractivity contribution >= 4 is 11.4 Å². The third-order valence-corrected chi connectivity index (χ3v) is 2.74. The summed E-state index contributed by atoms with van der Waals surface area (Å²) in [7, 11) is 0. The fraction of sp³-hybridized carbons (Fsp3) is 0.0769. The van der Waals surface area contributed by atoms with E-state index in [-0.39, 0.29) is 11.4 Å². The molecule has 0 bridgehead atoms. The molecule has 2 aromatic carbocycles. The monoisotopic (exact) mass is 258 g/mol. The maximum absolute atomic E-state index is 11.0. The van der Waals surface area contributed by atoms with E-state index in [0.29, 0.717) is 11.1 Å². The van der Waals surface area contributed by atoms with Gasteiger partial charge in [-0.1, -0.05) is 11.6 Å². The lowest BCUT2D eigenvalue weighted by Crippen LogP contribution is -1.93. The number of hydrogen-bond donors (Lipinski definition) is 0. The lowest BCUT2D eigenvalue weighted by molar-refractivity contribution is -0.385. The quantitative estimate of drug-likeness (QED) is 0.622. The molecule has 96 valence electrons. The Hall–Kier alpha value is -2.76. The standard InChI is InChI=1S/C13H10N2O4/c1-9-2-7-13(15(18)19)12(8-9)10-3-5-11(6-4-10)14(16)17/h2-8H,1H3. The number of hydrogen-bond acceptors (Lipinski definition) is 4. The average molecular weight is 258 g/mol. The summed E-state index contributed by atoms with van der Waals surface area (Å²) in [6.45, 7) is 1.83. The van der Waals surface area contributed by atoms with Crippen molar-refractivity contribution in [2.75, 3.05) is 0 Å². The van der Waals surface area contributed by atoms with Crippen LogP contribution in [-0.4, -0.2) is 9.85 Å². The zero-order valence-electron chi connectivity index (χ0n) is 10.1. The highest BCUT2D eigenvalue weighted by atomic mass is 16.6. The SMILES string of the molecule is Cc1ccc([N+](=O)[O-])c(-c2ccc([N+](=O)[O-])cc2)c1. The van der Waals surface area contributed by atoms with Crippen LogP contribution in [0.1, 0.15) is 5.56 Å². The zero-order chi connectivity index (χ0) is 14.0. The third-order valence-electron chi connectivity index (χ3n) is 2.74. The molecule has 2 rings (SSSR count). The van der Waals surface area contributed by atoms with Gasteiger partial charge in [0.05, 0.1) is 15.4 Å². The summed E-state index contributed by atoms with van der Waals surface area (Å²) in [6.07, 6.45) is 0. The van der Waals surface area contributed by atoms with Crippen molar-refractivity contribution < 1.29 is 9.85 Å². The molecule has 0 unspecified atom stereocenters. The fourth-order valence-corrected chi connectivity index (χ4v) is 1.80. The number of non-ortho nitro benzene ring substituents is 1. The smallest absolute Gasteiger partial charge is 0.258 e. The Kier molecular flexibility index (Phi) is 3.24. The molecule has 0 saturated carbocycles. The highest BCUT2D eigenvalue weighted by Gasteiger charge is 2.16. The first-order valence-corrected chi connectivity index (χ1v) is 5.49. The minimum atomic E-state index is -0.506. The molecule has 0 saturated heterocycles. The average Bonchev–Trinajstić information content (AvgIpc) is 2.38. The Morgan fingerprint density at radius 1 is 0.895 bits per heavy atom. The predicted molar refractivity (Wildman–Crippen MR) is 69.9 cm³/mol. The van der Waals surface area contributed by atoms with Crippen molar-refractivity contribution in [1.29, 1.82) is 0 Å². The molecule has 0 radical (unpaired) electrons. The van der Waals surface area contributed by atoms with Crippen LogP contribution in [0, 0.1) is 27.2 Å². The molecule has 0 N–H and O–H groups in total. The molecule has 6 heteroatoms. The first-order chi connectivity index (χ1) is 8.99. The van der Waals surface area contributed by atoms with Crippen LogP contribution in [0.2, 0.25) is 0 Å². The van der Waals surface area contributed by atoms with E-state index in [0.717, 1.165) is 5.56 Å². The molecule has 0 aromatic heterocycles. The molecule has 0 spiro atoms. The summed E-state index contributed by atoms with van der Waals surface area (Å²) in [5.74, 6) is 0. The summed E-state index contributed by atoms with van der Waals surface area (Å²) in [5, 5.41) is 21.6. The fourth-order valence-electron chi connectivity index (χ4n) is 1.80. The summed E-state index contributed by atoms with van der Waals surface area (Å²) in [5.41, 5.74) is 1.87. The molecular formula is C13H10N2O4. The lowest BCUT2D eigenvalue weighted by Gasteiger charge is -2.04. The van der Waals surface area contributed by atoms with Gasteiger partial charge < -0.3 is 0 Å². The van der Waals surface area contributed by atoms with Crippen molar-refractivity contribution in [2.45, 2.75) is 6.92 Å². The van der Waals surface area contributed by atoms with Gasteiger partial charge in [0.1, 0.15) is 0 Å². The van der Waals surface area contributed by atoms with E-state index in [2.05, 4.69) is 0 Å². The highest BCUT2D eigenvalue weighted by Crippen LogP contribution is 2.31. The van der Waals surface area contributed by atoms with Crippen molar-refractivity contribution in [1.82, 2.24) is 0 Å². The minimum absolute atomic E-state index is 0.0144. The molecule has 0 atom stereocenters. The van der Waals surface area contributed by atoms with Crippen LogP contribution in [0.25, 0.3) is 11.1 Å². The maximum atomic E-state index is 11.0. The van der Waals surface area contributed by atoms with Crippen LogP contribution in [0.5, 0.6) is 0 Å². The van der Waals surface area contributed by atoms with Gasteiger partial charge in [-0.2, -0.15) is 0 Å². The van der Waals surface area contributed by atoms with Gasteiger partial charge in [0.15, 0.2) is 0 Å². The van der Waals surface area contributed by atoms with Crippen molar-refractivity contribution in [2.24, 2.45) is 0 Å². The minimum Gasteiger partial charge on any atom is -0.258 e. The Morgan fingerprint density at radius 3 is 2.05 bits per heavy atom. The largest absolute Gasteiger partial charge is 0.277 e. The number of nitro groups is 2. The molecular weight excluding hydrogens is 248 g/mol. The van der Waals surface area contributed by atoms with Gasteiger partial charge >= 0.3 is 0 Å². The number of nitro benzene ring substituents is 2.